The van der Waals surface area contributed by atoms with E-state index >= 15 is 0 Å². The van der Waals surface area contributed by atoms with Gasteiger partial charge < -0.3 is 4.90 Å². The largest absolute Gasteiger partial charge is 0.335 e. The molecule has 2 aliphatic rings. The van der Waals surface area contributed by atoms with Crippen molar-refractivity contribution in [2.45, 2.75) is 59.0 Å². The number of aromatic nitrogens is 3. The van der Waals surface area contributed by atoms with Crippen molar-refractivity contribution < 1.29 is 4.79 Å². The number of pyridine rings is 1. The number of rotatable bonds is 3. The molecule has 0 N–H and O–H groups in total. The Kier molecular flexibility index (Phi) is 4.23. The first-order chi connectivity index (χ1) is 13.9. The summed E-state index contributed by atoms with van der Waals surface area (Å²) in [4.78, 5) is 20.8. The van der Waals surface area contributed by atoms with Crippen LogP contribution in [-0.2, 0) is 0 Å². The summed E-state index contributed by atoms with van der Waals surface area (Å²) >= 11 is 0. The van der Waals surface area contributed by atoms with E-state index in [1.807, 2.05) is 30.1 Å². The number of benzene rings is 1. The number of nitrogens with zero attached hydrogens (tertiary/aromatic N) is 4. The lowest BCUT2D eigenvalue weighted by Crippen LogP contribution is -2.38. The van der Waals surface area contributed by atoms with Crippen LogP contribution < -0.4 is 0 Å². The number of aryl methyl sites for hydroxylation is 1. The molecule has 5 rings (SSSR count). The van der Waals surface area contributed by atoms with Crippen LogP contribution >= 0.6 is 0 Å². The van der Waals surface area contributed by atoms with Gasteiger partial charge in [0, 0.05) is 35.8 Å². The highest BCUT2D eigenvalue weighted by Crippen LogP contribution is 2.40. The molecule has 0 unspecified atom stereocenters. The molecule has 2 bridgehead atoms. The number of likely N-dealkylation sites (tertiary alicyclic amines) is 1. The SMILES string of the molecule is Cc1ccc2nc(-c3cnn(C(C)C)c3)c(C)c(C(=O)N3C[C@@H]4CC[C@@H]3C4)c2c1. The van der Waals surface area contributed by atoms with E-state index in [1.165, 1.54) is 12.8 Å². The van der Waals surface area contributed by atoms with Crippen LogP contribution in [0, 0.1) is 19.8 Å². The summed E-state index contributed by atoms with van der Waals surface area (Å²) in [6.07, 6.45) is 7.48. The van der Waals surface area contributed by atoms with Crippen LogP contribution in [0.2, 0.25) is 0 Å². The van der Waals surface area contributed by atoms with Crippen LogP contribution in [0.1, 0.15) is 60.6 Å². The lowest BCUT2D eigenvalue weighted by atomic mass is 9.96. The number of carbonyl (C=O) groups excluding carboxylic acids is 1. The van der Waals surface area contributed by atoms with Gasteiger partial charge in [-0.3, -0.25) is 9.48 Å². The Morgan fingerprint density at radius 3 is 2.69 bits per heavy atom. The Balaban J connectivity index is 1.69. The molecule has 0 radical (unpaired) electrons. The van der Waals surface area contributed by atoms with E-state index < -0.39 is 0 Å². The molecule has 150 valence electrons. The molecule has 2 aromatic heterocycles. The molecular weight excluding hydrogens is 360 g/mol. The molecule has 1 amide bonds. The molecule has 1 aromatic carbocycles. The van der Waals surface area contributed by atoms with Crippen LogP contribution in [0.3, 0.4) is 0 Å². The van der Waals surface area contributed by atoms with Crippen molar-refractivity contribution in [3.8, 4) is 11.3 Å². The van der Waals surface area contributed by atoms with E-state index in [2.05, 4.69) is 42.9 Å². The van der Waals surface area contributed by atoms with Gasteiger partial charge in [-0.05, 0) is 70.6 Å². The zero-order valence-corrected chi connectivity index (χ0v) is 17.6. The maximum absolute atomic E-state index is 13.8. The minimum Gasteiger partial charge on any atom is -0.335 e. The quantitative estimate of drug-likeness (QED) is 0.640. The van der Waals surface area contributed by atoms with Crippen LogP contribution in [-0.4, -0.2) is 38.2 Å². The van der Waals surface area contributed by atoms with Gasteiger partial charge in [0.1, 0.15) is 0 Å². The van der Waals surface area contributed by atoms with Gasteiger partial charge in [-0.25, -0.2) is 4.98 Å². The van der Waals surface area contributed by atoms with Crippen molar-refractivity contribution in [3.63, 3.8) is 0 Å². The molecule has 2 atom stereocenters. The fourth-order valence-corrected chi connectivity index (χ4v) is 5.09. The highest BCUT2D eigenvalue weighted by Gasteiger charge is 2.41. The Bertz CT molecular complexity index is 1110. The first-order valence-electron chi connectivity index (χ1n) is 10.7. The summed E-state index contributed by atoms with van der Waals surface area (Å²) in [6.45, 7) is 9.23. The zero-order chi connectivity index (χ0) is 20.3. The Morgan fingerprint density at radius 1 is 1.21 bits per heavy atom. The van der Waals surface area contributed by atoms with Gasteiger partial charge >= 0.3 is 0 Å². The predicted octanol–water partition coefficient (Wildman–Crippen LogP) is 4.92. The molecule has 3 heterocycles. The van der Waals surface area contributed by atoms with Crippen molar-refractivity contribution in [2.75, 3.05) is 6.54 Å². The number of hydrogen-bond acceptors (Lipinski definition) is 3. The second-order valence-corrected chi connectivity index (χ2v) is 9.07. The van der Waals surface area contributed by atoms with Gasteiger partial charge in [0.25, 0.3) is 5.91 Å². The highest BCUT2D eigenvalue weighted by atomic mass is 16.2. The topological polar surface area (TPSA) is 51.0 Å². The predicted molar refractivity (Wildman–Crippen MR) is 115 cm³/mol. The molecule has 1 saturated heterocycles. The monoisotopic (exact) mass is 388 g/mol. The van der Waals surface area contributed by atoms with Crippen molar-refractivity contribution in [1.82, 2.24) is 19.7 Å². The maximum atomic E-state index is 13.8. The molecule has 3 aromatic rings. The van der Waals surface area contributed by atoms with E-state index in [4.69, 9.17) is 4.98 Å². The second-order valence-electron chi connectivity index (χ2n) is 9.07. The highest BCUT2D eigenvalue weighted by molar-refractivity contribution is 6.09. The van der Waals surface area contributed by atoms with E-state index in [1.54, 1.807) is 0 Å². The van der Waals surface area contributed by atoms with E-state index in [0.717, 1.165) is 51.8 Å². The zero-order valence-electron chi connectivity index (χ0n) is 17.6. The van der Waals surface area contributed by atoms with Crippen LogP contribution in [0.25, 0.3) is 22.2 Å². The third-order valence-electron chi connectivity index (χ3n) is 6.67. The molecule has 1 saturated carbocycles. The lowest BCUT2D eigenvalue weighted by molar-refractivity contribution is 0.0705. The second kappa shape index (κ2) is 6.68. The Morgan fingerprint density at radius 2 is 2.03 bits per heavy atom. The van der Waals surface area contributed by atoms with Crippen LogP contribution in [0.15, 0.2) is 30.6 Å². The lowest BCUT2D eigenvalue weighted by Gasteiger charge is -2.28. The summed E-state index contributed by atoms with van der Waals surface area (Å²) < 4.78 is 1.94. The first kappa shape index (κ1) is 18.3. The van der Waals surface area contributed by atoms with Crippen molar-refractivity contribution in [3.05, 3.63) is 47.3 Å². The third-order valence-corrected chi connectivity index (χ3v) is 6.67. The normalized spacial score (nSPS) is 20.9. The fraction of sp³-hybridized carbons (Fsp3) is 0.458. The number of carbonyl (C=O) groups is 1. The average molecular weight is 389 g/mol. The van der Waals surface area contributed by atoms with Crippen LogP contribution in [0.5, 0.6) is 0 Å². The molecular formula is C24H28N4O. The third kappa shape index (κ3) is 2.95. The average Bonchev–Trinajstić information content (AvgIpc) is 3.44. The number of fused-ring (bicyclic) bond motifs is 3. The molecule has 1 aliphatic carbocycles. The van der Waals surface area contributed by atoms with Crippen molar-refractivity contribution in [2.24, 2.45) is 5.92 Å². The van der Waals surface area contributed by atoms with E-state index in [0.29, 0.717) is 12.0 Å². The summed E-state index contributed by atoms with van der Waals surface area (Å²) in [7, 11) is 0. The van der Waals surface area contributed by atoms with Crippen molar-refractivity contribution in [1.29, 1.82) is 0 Å². The molecule has 0 spiro atoms. The van der Waals surface area contributed by atoms with Gasteiger partial charge in [0.05, 0.1) is 23.0 Å². The van der Waals surface area contributed by atoms with Gasteiger partial charge in [-0.15, -0.1) is 0 Å². The summed E-state index contributed by atoms with van der Waals surface area (Å²) in [5.74, 6) is 0.855. The van der Waals surface area contributed by atoms with Crippen molar-refractivity contribution >= 4 is 16.8 Å². The van der Waals surface area contributed by atoms with Gasteiger partial charge in [0.2, 0.25) is 0 Å². The number of hydrogen-bond donors (Lipinski definition) is 0. The summed E-state index contributed by atoms with van der Waals surface area (Å²) in [6, 6.07) is 6.91. The summed E-state index contributed by atoms with van der Waals surface area (Å²) in [5.41, 5.74) is 5.63. The van der Waals surface area contributed by atoms with E-state index in [-0.39, 0.29) is 11.9 Å². The molecule has 5 nitrogen and oxygen atoms in total. The van der Waals surface area contributed by atoms with E-state index in [9.17, 15) is 4.79 Å². The number of amides is 1. The minimum atomic E-state index is 0.171. The number of piperidine rings is 1. The molecule has 29 heavy (non-hydrogen) atoms. The van der Waals surface area contributed by atoms with Gasteiger partial charge in [0.15, 0.2) is 0 Å². The first-order valence-corrected chi connectivity index (χ1v) is 10.7. The van der Waals surface area contributed by atoms with Crippen LogP contribution in [0.4, 0.5) is 0 Å². The standard InChI is InChI=1S/C24H28N4O/c1-14(2)28-13-18(11-25-28)23-16(4)22(20-9-15(3)5-8-21(20)26-23)24(29)27-12-17-6-7-19(27)10-17/h5,8-9,11,13-14,17,19H,6-7,10,12H2,1-4H3/t17-,19-/m1/s1. The molecule has 2 fully saturated rings. The Hall–Kier alpha value is -2.69. The smallest absolute Gasteiger partial charge is 0.255 e. The fourth-order valence-electron chi connectivity index (χ4n) is 5.09. The Labute approximate surface area is 171 Å². The minimum absolute atomic E-state index is 0.171. The van der Waals surface area contributed by atoms with Gasteiger partial charge in [-0.1, -0.05) is 11.6 Å². The molecule has 5 heteroatoms. The maximum Gasteiger partial charge on any atom is 0.255 e. The molecule has 1 aliphatic heterocycles. The summed E-state index contributed by atoms with van der Waals surface area (Å²) in [5, 5.41) is 5.46. The van der Waals surface area contributed by atoms with Gasteiger partial charge in [-0.2, -0.15) is 5.10 Å².